The van der Waals surface area contributed by atoms with Crippen LogP contribution in [0, 0.1) is 0 Å². The van der Waals surface area contributed by atoms with Crippen LogP contribution in [0.25, 0.3) is 0 Å². The summed E-state index contributed by atoms with van der Waals surface area (Å²) in [5, 5.41) is 0. The van der Waals surface area contributed by atoms with Gasteiger partial charge < -0.3 is 20.3 Å². The molecule has 2 amide bonds. The van der Waals surface area contributed by atoms with E-state index in [4.69, 9.17) is 10.5 Å². The lowest BCUT2D eigenvalue weighted by Crippen LogP contribution is -2.51. The van der Waals surface area contributed by atoms with E-state index in [0.717, 1.165) is 0 Å². The molecule has 0 spiro atoms. The number of hydrogen-bond acceptors (Lipinski definition) is 6. The Hall–Kier alpha value is -2.27. The van der Waals surface area contributed by atoms with Crippen LogP contribution in [0.5, 0.6) is 0 Å². The summed E-state index contributed by atoms with van der Waals surface area (Å²) >= 11 is 0. The van der Waals surface area contributed by atoms with Crippen molar-refractivity contribution in [2.24, 2.45) is 5.73 Å². The molecule has 1 aromatic heterocycles. The first-order valence-corrected chi connectivity index (χ1v) is 10.7. The monoisotopic (exact) mass is 457 g/mol. The molecule has 11 heteroatoms. The fraction of sp³-hybridized carbons (Fsp3) is 0.714. The minimum Gasteiger partial charge on any atom is -0.367 e. The molecule has 2 N–H and O–H groups in total. The summed E-state index contributed by atoms with van der Waals surface area (Å²) < 4.78 is 46.2. The number of carbonyl (C=O) groups excluding carboxylic acids is 2. The van der Waals surface area contributed by atoms with E-state index in [0.29, 0.717) is 6.54 Å². The van der Waals surface area contributed by atoms with Gasteiger partial charge >= 0.3 is 6.18 Å². The van der Waals surface area contributed by atoms with Crippen molar-refractivity contribution < 1.29 is 27.5 Å². The zero-order valence-electron chi connectivity index (χ0n) is 18.8. The number of carbonyl (C=O) groups is 2. The molecule has 2 aliphatic heterocycles. The molecule has 3 rings (SSSR count). The van der Waals surface area contributed by atoms with Crippen molar-refractivity contribution in [2.75, 3.05) is 26.2 Å². The normalized spacial score (nSPS) is 20.9. The van der Waals surface area contributed by atoms with Crippen molar-refractivity contribution in [3.63, 3.8) is 0 Å². The van der Waals surface area contributed by atoms with Gasteiger partial charge in [0.15, 0.2) is 5.69 Å². The number of alkyl halides is 3. The second-order valence-corrected chi connectivity index (χ2v) is 9.52. The number of nitrogens with two attached hydrogens (primary N) is 1. The molecule has 32 heavy (non-hydrogen) atoms. The van der Waals surface area contributed by atoms with Gasteiger partial charge in [-0.05, 0) is 13.3 Å². The molecule has 0 radical (unpaired) electrons. The number of fused-ring (bicyclic) bond motifs is 1. The topological polar surface area (TPSA) is 102 Å². The largest absolute Gasteiger partial charge is 0.433 e. The van der Waals surface area contributed by atoms with Crippen LogP contribution >= 0.6 is 0 Å². The van der Waals surface area contributed by atoms with E-state index in [2.05, 4.69) is 9.97 Å². The Balaban J connectivity index is 1.72. The summed E-state index contributed by atoms with van der Waals surface area (Å²) in [6, 6.07) is -0.584. The van der Waals surface area contributed by atoms with Gasteiger partial charge in [-0.1, -0.05) is 20.8 Å². The Labute approximate surface area is 185 Å². The first-order valence-electron chi connectivity index (χ1n) is 10.7. The van der Waals surface area contributed by atoms with Crippen molar-refractivity contribution in [2.45, 2.75) is 70.8 Å². The predicted octanol–water partition coefficient (Wildman–Crippen LogP) is 1.64. The van der Waals surface area contributed by atoms with E-state index in [1.54, 1.807) is 25.7 Å². The van der Waals surface area contributed by atoms with E-state index in [-0.39, 0.29) is 74.1 Å². The summed E-state index contributed by atoms with van der Waals surface area (Å²) in [6.07, 6.45) is -4.69. The van der Waals surface area contributed by atoms with Gasteiger partial charge in [0.25, 0.3) is 0 Å². The van der Waals surface area contributed by atoms with Crippen LogP contribution in [-0.2, 0) is 38.9 Å². The molecule has 8 nitrogen and oxygen atoms in total. The van der Waals surface area contributed by atoms with Crippen LogP contribution in [0.4, 0.5) is 13.2 Å². The summed E-state index contributed by atoms with van der Waals surface area (Å²) in [4.78, 5) is 36.0. The number of halogens is 3. The lowest BCUT2D eigenvalue weighted by atomic mass is 9.93. The Morgan fingerprint density at radius 2 is 1.97 bits per heavy atom. The lowest BCUT2D eigenvalue weighted by Gasteiger charge is -2.34. The van der Waals surface area contributed by atoms with Crippen LogP contribution < -0.4 is 5.73 Å². The Bertz CT molecular complexity index is 885. The molecule has 2 atom stereocenters. The van der Waals surface area contributed by atoms with Crippen molar-refractivity contribution in [1.82, 2.24) is 19.8 Å². The Kier molecular flexibility index (Phi) is 6.80. The maximum atomic E-state index is 13.6. The number of aromatic nitrogens is 2. The quantitative estimate of drug-likeness (QED) is 0.738. The summed E-state index contributed by atoms with van der Waals surface area (Å²) in [6.45, 7) is 7.80. The first-order chi connectivity index (χ1) is 14.8. The van der Waals surface area contributed by atoms with Crippen molar-refractivity contribution >= 4 is 11.8 Å². The van der Waals surface area contributed by atoms with Gasteiger partial charge in [-0.3, -0.25) is 9.59 Å². The average Bonchev–Trinajstić information content (AvgIpc) is 2.67. The van der Waals surface area contributed by atoms with Crippen molar-refractivity contribution in [3.05, 3.63) is 22.8 Å². The molecular weight excluding hydrogens is 427 g/mol. The van der Waals surface area contributed by atoms with E-state index >= 15 is 0 Å². The smallest absolute Gasteiger partial charge is 0.367 e. The molecule has 178 valence electrons. The van der Waals surface area contributed by atoms with Crippen LogP contribution in [0.2, 0.25) is 0 Å². The van der Waals surface area contributed by atoms with E-state index in [1.807, 2.05) is 6.92 Å². The molecular formula is C21H30F3N5O3. The second kappa shape index (κ2) is 8.93. The fourth-order valence-electron chi connectivity index (χ4n) is 3.86. The SMILES string of the molecule is C[C@H]1CN(C[C@@H](N)CC(=O)N2CCc3c(nc(C(C)(C)C)nc3C(F)(F)F)C2)C(=O)CO1. The van der Waals surface area contributed by atoms with Crippen LogP contribution in [0.15, 0.2) is 0 Å². The van der Waals surface area contributed by atoms with Gasteiger partial charge in [-0.2, -0.15) is 13.2 Å². The molecule has 1 aromatic rings. The molecule has 0 unspecified atom stereocenters. The van der Waals surface area contributed by atoms with E-state index in [9.17, 15) is 22.8 Å². The summed E-state index contributed by atoms with van der Waals surface area (Å²) in [5.74, 6) is -0.361. The Morgan fingerprint density at radius 3 is 2.59 bits per heavy atom. The number of ether oxygens (including phenoxy) is 1. The molecule has 0 saturated carbocycles. The number of amides is 2. The molecule has 1 fully saturated rings. The number of rotatable bonds is 4. The van der Waals surface area contributed by atoms with Crippen LogP contribution in [0.1, 0.15) is 56.9 Å². The number of nitrogens with zero attached hydrogens (tertiary/aromatic N) is 4. The standard InChI is InChI=1S/C21H30F3N5O3/c1-12-8-29(17(31)11-32-12)9-13(25)7-16(30)28-6-5-14-15(10-28)26-19(20(2,3)4)27-18(14)21(22,23)24/h12-13H,5-11,25H2,1-4H3/t12-,13-/m0/s1. The molecule has 0 aromatic carbocycles. The van der Waals surface area contributed by atoms with E-state index in [1.165, 1.54) is 4.90 Å². The molecule has 3 heterocycles. The highest BCUT2D eigenvalue weighted by molar-refractivity contribution is 5.79. The molecule has 1 saturated heterocycles. The van der Waals surface area contributed by atoms with Gasteiger partial charge in [0, 0.05) is 43.1 Å². The highest BCUT2D eigenvalue weighted by Gasteiger charge is 2.40. The highest BCUT2D eigenvalue weighted by atomic mass is 19.4. The lowest BCUT2D eigenvalue weighted by molar-refractivity contribution is -0.148. The average molecular weight is 457 g/mol. The van der Waals surface area contributed by atoms with Crippen LogP contribution in [0.3, 0.4) is 0 Å². The van der Waals surface area contributed by atoms with E-state index < -0.39 is 23.3 Å². The fourth-order valence-corrected chi connectivity index (χ4v) is 3.86. The zero-order valence-corrected chi connectivity index (χ0v) is 18.8. The van der Waals surface area contributed by atoms with Crippen molar-refractivity contribution in [3.8, 4) is 0 Å². The summed E-state index contributed by atoms with van der Waals surface area (Å²) in [5.41, 5.74) is 4.80. The number of hydrogen-bond donors (Lipinski definition) is 1. The Morgan fingerprint density at radius 1 is 1.28 bits per heavy atom. The van der Waals surface area contributed by atoms with Gasteiger partial charge in [-0.15, -0.1) is 0 Å². The zero-order chi connectivity index (χ0) is 23.8. The third-order valence-electron chi connectivity index (χ3n) is 5.57. The number of morpholine rings is 1. The third-order valence-corrected chi connectivity index (χ3v) is 5.57. The second-order valence-electron chi connectivity index (χ2n) is 9.52. The van der Waals surface area contributed by atoms with Crippen molar-refractivity contribution in [1.29, 1.82) is 0 Å². The minimum atomic E-state index is -4.59. The third kappa shape index (κ3) is 5.55. The maximum absolute atomic E-state index is 13.6. The first kappa shape index (κ1) is 24.4. The van der Waals surface area contributed by atoms with Gasteiger partial charge in [0.05, 0.1) is 18.3 Å². The molecule has 0 bridgehead atoms. The van der Waals surface area contributed by atoms with Gasteiger partial charge in [0.1, 0.15) is 12.4 Å². The van der Waals surface area contributed by atoms with Gasteiger partial charge in [-0.25, -0.2) is 9.97 Å². The molecule has 0 aliphatic carbocycles. The minimum absolute atomic E-state index is 0.0118. The van der Waals surface area contributed by atoms with Crippen LogP contribution in [-0.4, -0.2) is 70.0 Å². The maximum Gasteiger partial charge on any atom is 0.433 e. The highest BCUT2D eigenvalue weighted by Crippen LogP contribution is 2.35. The van der Waals surface area contributed by atoms with Gasteiger partial charge in [0.2, 0.25) is 11.8 Å². The summed E-state index contributed by atoms with van der Waals surface area (Å²) in [7, 11) is 0. The molecule has 2 aliphatic rings. The predicted molar refractivity (Wildman–Crippen MR) is 109 cm³/mol.